The van der Waals surface area contributed by atoms with Crippen LogP contribution in [0.1, 0.15) is 25.7 Å². The molecule has 2 fully saturated rings. The van der Waals surface area contributed by atoms with Gasteiger partial charge in [0.05, 0.1) is 11.6 Å². The Morgan fingerprint density at radius 2 is 2.11 bits per heavy atom. The summed E-state index contributed by atoms with van der Waals surface area (Å²) in [6, 6.07) is 0. The number of carbonyl (C=O) groups is 1. The van der Waals surface area contributed by atoms with E-state index in [1.165, 1.54) is 12.8 Å². The van der Waals surface area contributed by atoms with Crippen LogP contribution in [0.4, 0.5) is 0 Å². The van der Waals surface area contributed by atoms with Gasteiger partial charge < -0.3 is 20.5 Å². The maximum Gasteiger partial charge on any atom is 0.233 e. The number of carbonyl (C=O) groups excluding carboxylic acids is 1. The summed E-state index contributed by atoms with van der Waals surface area (Å²) in [7, 11) is 0. The summed E-state index contributed by atoms with van der Waals surface area (Å²) >= 11 is 5.08. The summed E-state index contributed by atoms with van der Waals surface area (Å²) in [6.07, 6.45) is 3.68. The van der Waals surface area contributed by atoms with E-state index >= 15 is 0 Å². The van der Waals surface area contributed by atoms with Crippen molar-refractivity contribution in [3.05, 3.63) is 0 Å². The van der Waals surface area contributed by atoms with Crippen LogP contribution in [0.3, 0.4) is 0 Å². The summed E-state index contributed by atoms with van der Waals surface area (Å²) in [5.41, 5.74) is 5.03. The fraction of sp³-hybridized carbons (Fsp3) is 0.846. The second-order valence-corrected chi connectivity index (χ2v) is 5.77. The Kier molecular flexibility index (Phi) is 5.13. The van der Waals surface area contributed by atoms with Gasteiger partial charge >= 0.3 is 0 Å². The molecular formula is C13H22N2O3S. The fourth-order valence-electron chi connectivity index (χ4n) is 2.25. The lowest BCUT2D eigenvalue weighted by atomic mass is 9.79. The number of amides is 1. The van der Waals surface area contributed by atoms with Gasteiger partial charge in [-0.15, -0.1) is 0 Å². The molecule has 1 heterocycles. The molecule has 1 saturated heterocycles. The summed E-state index contributed by atoms with van der Waals surface area (Å²) in [5.74, 6) is 0.660. The Balaban J connectivity index is 1.73. The zero-order valence-electron chi connectivity index (χ0n) is 11.2. The van der Waals surface area contributed by atoms with Crippen molar-refractivity contribution < 1.29 is 14.3 Å². The number of hydrogen-bond donors (Lipinski definition) is 2. The topological polar surface area (TPSA) is 73.6 Å². The van der Waals surface area contributed by atoms with Crippen molar-refractivity contribution >= 4 is 23.1 Å². The van der Waals surface area contributed by atoms with Crippen molar-refractivity contribution in [2.75, 3.05) is 33.0 Å². The van der Waals surface area contributed by atoms with E-state index < -0.39 is 5.41 Å². The van der Waals surface area contributed by atoms with Gasteiger partial charge in [0.1, 0.15) is 5.41 Å². The first-order valence-electron chi connectivity index (χ1n) is 6.89. The first-order valence-corrected chi connectivity index (χ1v) is 7.30. The molecular weight excluding hydrogens is 264 g/mol. The minimum atomic E-state index is -0.732. The summed E-state index contributed by atoms with van der Waals surface area (Å²) in [4.78, 5) is 12.6. The largest absolute Gasteiger partial charge is 0.392 e. The number of hydrogen-bond acceptors (Lipinski definition) is 4. The smallest absolute Gasteiger partial charge is 0.233 e. The zero-order chi connectivity index (χ0) is 13.7. The van der Waals surface area contributed by atoms with E-state index in [0.29, 0.717) is 39.2 Å². The van der Waals surface area contributed by atoms with Crippen molar-refractivity contribution in [1.29, 1.82) is 0 Å². The minimum absolute atomic E-state index is 0.0849. The van der Waals surface area contributed by atoms with Crippen LogP contribution in [0.15, 0.2) is 0 Å². The van der Waals surface area contributed by atoms with Gasteiger partial charge in [-0.05, 0) is 31.6 Å². The maximum absolute atomic E-state index is 12.3. The molecule has 3 N–H and O–H groups in total. The molecule has 19 heavy (non-hydrogen) atoms. The quantitative estimate of drug-likeness (QED) is 0.530. The van der Waals surface area contributed by atoms with E-state index in [2.05, 4.69) is 5.32 Å². The van der Waals surface area contributed by atoms with Crippen LogP contribution in [-0.2, 0) is 14.3 Å². The van der Waals surface area contributed by atoms with Gasteiger partial charge in [0.25, 0.3) is 0 Å². The Morgan fingerprint density at radius 1 is 1.42 bits per heavy atom. The minimum Gasteiger partial charge on any atom is -0.392 e. The molecule has 0 spiro atoms. The van der Waals surface area contributed by atoms with E-state index in [1.807, 2.05) is 0 Å². The second kappa shape index (κ2) is 6.63. The average molecular weight is 286 g/mol. The molecule has 1 aliphatic carbocycles. The Bertz CT molecular complexity index is 339. The Labute approximate surface area is 119 Å². The van der Waals surface area contributed by atoms with Crippen molar-refractivity contribution in [2.45, 2.75) is 25.7 Å². The average Bonchev–Trinajstić information content (AvgIpc) is 3.22. The van der Waals surface area contributed by atoms with Gasteiger partial charge in [-0.3, -0.25) is 4.79 Å². The predicted octanol–water partition coefficient (Wildman–Crippen LogP) is 0.612. The van der Waals surface area contributed by atoms with Crippen LogP contribution >= 0.6 is 12.2 Å². The van der Waals surface area contributed by atoms with Crippen molar-refractivity contribution in [1.82, 2.24) is 5.32 Å². The second-order valence-electron chi connectivity index (χ2n) is 5.33. The molecule has 1 aliphatic heterocycles. The van der Waals surface area contributed by atoms with E-state index in [0.717, 1.165) is 12.5 Å². The summed E-state index contributed by atoms with van der Waals surface area (Å²) < 4.78 is 10.8. The fourth-order valence-corrected chi connectivity index (χ4v) is 2.54. The molecule has 108 valence electrons. The van der Waals surface area contributed by atoms with Crippen LogP contribution in [0.5, 0.6) is 0 Å². The molecule has 1 saturated carbocycles. The Hall–Kier alpha value is -0.720. The lowest BCUT2D eigenvalue weighted by Crippen LogP contribution is -2.52. The normalized spacial score (nSPS) is 21.9. The molecule has 0 bridgehead atoms. The van der Waals surface area contributed by atoms with Crippen LogP contribution in [0.25, 0.3) is 0 Å². The molecule has 0 aromatic carbocycles. The third kappa shape index (κ3) is 3.87. The molecule has 2 aliphatic rings. The number of thiocarbonyl (C=S) groups is 1. The van der Waals surface area contributed by atoms with E-state index in [9.17, 15) is 4.79 Å². The molecule has 0 aromatic heterocycles. The molecule has 0 radical (unpaired) electrons. The zero-order valence-corrected chi connectivity index (χ0v) is 12.0. The van der Waals surface area contributed by atoms with Crippen molar-refractivity contribution in [3.8, 4) is 0 Å². The van der Waals surface area contributed by atoms with Crippen LogP contribution in [0.2, 0.25) is 0 Å². The van der Waals surface area contributed by atoms with Gasteiger partial charge in [-0.25, -0.2) is 0 Å². The molecule has 2 rings (SSSR count). The molecule has 1 amide bonds. The number of rotatable bonds is 7. The predicted molar refractivity (Wildman–Crippen MR) is 75.8 cm³/mol. The van der Waals surface area contributed by atoms with Crippen LogP contribution < -0.4 is 11.1 Å². The number of nitrogens with two attached hydrogens (primary N) is 1. The van der Waals surface area contributed by atoms with Crippen LogP contribution in [-0.4, -0.2) is 43.9 Å². The highest BCUT2D eigenvalue weighted by molar-refractivity contribution is 7.80. The highest BCUT2D eigenvalue weighted by atomic mass is 32.1. The monoisotopic (exact) mass is 286 g/mol. The maximum atomic E-state index is 12.3. The highest BCUT2D eigenvalue weighted by Gasteiger charge is 2.42. The molecule has 0 unspecified atom stereocenters. The van der Waals surface area contributed by atoms with E-state index in [4.69, 9.17) is 27.4 Å². The highest BCUT2D eigenvalue weighted by Crippen LogP contribution is 2.31. The van der Waals surface area contributed by atoms with Gasteiger partial charge in [0, 0.05) is 26.4 Å². The lowest BCUT2D eigenvalue weighted by Gasteiger charge is -2.34. The lowest BCUT2D eigenvalue weighted by molar-refractivity contribution is -0.131. The third-order valence-corrected chi connectivity index (χ3v) is 4.23. The summed E-state index contributed by atoms with van der Waals surface area (Å²) in [6.45, 7) is 2.93. The van der Waals surface area contributed by atoms with Crippen LogP contribution in [0, 0.1) is 11.3 Å². The number of nitrogens with one attached hydrogen (secondary N) is 1. The summed E-state index contributed by atoms with van der Waals surface area (Å²) in [5, 5.41) is 2.88. The molecule has 6 heteroatoms. The van der Waals surface area contributed by atoms with Crippen molar-refractivity contribution in [3.63, 3.8) is 0 Å². The van der Waals surface area contributed by atoms with E-state index in [-0.39, 0.29) is 10.9 Å². The van der Waals surface area contributed by atoms with Crippen molar-refractivity contribution in [2.24, 2.45) is 17.1 Å². The van der Waals surface area contributed by atoms with E-state index in [1.54, 1.807) is 0 Å². The van der Waals surface area contributed by atoms with Gasteiger partial charge in [-0.1, -0.05) is 12.2 Å². The van der Waals surface area contributed by atoms with Gasteiger partial charge in [0.15, 0.2) is 0 Å². The molecule has 0 atom stereocenters. The molecule has 5 nitrogen and oxygen atoms in total. The third-order valence-electron chi connectivity index (χ3n) is 3.84. The Morgan fingerprint density at radius 3 is 2.68 bits per heavy atom. The standard InChI is InChI=1S/C13H22N2O3S/c14-11(19)13(3-6-17-7-4-13)12(16)15-5-8-18-9-10-1-2-10/h10H,1-9H2,(H2,14,19)(H,15,16). The molecule has 0 aromatic rings. The first kappa shape index (κ1) is 14.7. The first-order chi connectivity index (χ1) is 9.15. The number of ether oxygens (including phenoxy) is 2. The van der Waals surface area contributed by atoms with Gasteiger partial charge in [-0.2, -0.15) is 0 Å². The SMILES string of the molecule is NC(=S)C1(C(=O)NCCOCC2CC2)CCOCC1. The van der Waals surface area contributed by atoms with Gasteiger partial charge in [0.2, 0.25) is 5.91 Å².